The number of likely N-dealkylation sites (N-methyl/N-ethyl adjacent to an activating group) is 1. The lowest BCUT2D eigenvalue weighted by molar-refractivity contribution is -0.134. The van der Waals surface area contributed by atoms with E-state index in [0.29, 0.717) is 6.42 Å². The van der Waals surface area contributed by atoms with Crippen molar-refractivity contribution in [1.82, 2.24) is 24.6 Å². The zero-order chi connectivity index (χ0) is 18.1. The highest BCUT2D eigenvalue weighted by Gasteiger charge is 2.33. The molecule has 1 aromatic heterocycles. The molecule has 1 amide bonds. The Labute approximate surface area is 152 Å². The number of likely N-dealkylation sites (tertiary alicyclic amines) is 1. The number of hydrogen-bond donors (Lipinski definition) is 0. The van der Waals surface area contributed by atoms with Gasteiger partial charge < -0.3 is 9.47 Å². The summed E-state index contributed by atoms with van der Waals surface area (Å²) in [5, 5.41) is 8.81. The Morgan fingerprint density at radius 1 is 1.15 bits per heavy atom. The molecule has 138 valence electrons. The molecule has 2 aliphatic rings. The number of carbonyl (C=O) groups excluding carboxylic acids is 1. The van der Waals surface area contributed by atoms with Gasteiger partial charge in [0, 0.05) is 19.6 Å². The van der Waals surface area contributed by atoms with Crippen molar-refractivity contribution in [1.29, 1.82) is 0 Å². The van der Waals surface area contributed by atoms with Crippen LogP contribution in [0.4, 0.5) is 4.39 Å². The topological polar surface area (TPSA) is 54.3 Å². The maximum absolute atomic E-state index is 13.1. The van der Waals surface area contributed by atoms with Gasteiger partial charge in [-0.15, -0.1) is 10.2 Å². The van der Waals surface area contributed by atoms with E-state index in [1.807, 2.05) is 4.90 Å². The molecule has 7 heteroatoms. The number of aromatic nitrogens is 3. The van der Waals surface area contributed by atoms with E-state index in [-0.39, 0.29) is 17.8 Å². The number of amides is 1. The van der Waals surface area contributed by atoms with Gasteiger partial charge in [-0.3, -0.25) is 9.69 Å². The summed E-state index contributed by atoms with van der Waals surface area (Å²) < 4.78 is 15.3. The summed E-state index contributed by atoms with van der Waals surface area (Å²) in [4.78, 5) is 17.1. The molecule has 0 aliphatic carbocycles. The molecule has 2 aliphatic heterocycles. The second kappa shape index (κ2) is 7.15. The van der Waals surface area contributed by atoms with Gasteiger partial charge in [0.15, 0.2) is 5.82 Å². The number of hydrogen-bond acceptors (Lipinski definition) is 4. The Morgan fingerprint density at radius 2 is 1.96 bits per heavy atom. The SMILES string of the molecule is CN1CCn2c(nnc2[C@@H]2CCCCN2C(=O)Cc2ccc(F)cc2)C1. The molecule has 0 bridgehead atoms. The summed E-state index contributed by atoms with van der Waals surface area (Å²) in [6.07, 6.45) is 3.31. The van der Waals surface area contributed by atoms with Crippen LogP contribution in [-0.2, 0) is 24.3 Å². The van der Waals surface area contributed by atoms with Crippen LogP contribution in [0.3, 0.4) is 0 Å². The van der Waals surface area contributed by atoms with Gasteiger partial charge in [0.05, 0.1) is 19.0 Å². The molecule has 1 aromatic carbocycles. The van der Waals surface area contributed by atoms with Crippen LogP contribution in [0.5, 0.6) is 0 Å². The quantitative estimate of drug-likeness (QED) is 0.845. The largest absolute Gasteiger partial charge is 0.332 e. The molecule has 2 aromatic rings. The summed E-state index contributed by atoms with van der Waals surface area (Å²) >= 11 is 0. The predicted molar refractivity (Wildman–Crippen MR) is 94.8 cm³/mol. The molecule has 0 spiro atoms. The monoisotopic (exact) mass is 357 g/mol. The molecule has 1 saturated heterocycles. The summed E-state index contributed by atoms with van der Waals surface area (Å²) in [6.45, 7) is 3.37. The first-order valence-electron chi connectivity index (χ1n) is 9.26. The average molecular weight is 357 g/mol. The van der Waals surface area contributed by atoms with E-state index in [4.69, 9.17) is 0 Å². The maximum Gasteiger partial charge on any atom is 0.227 e. The molecule has 26 heavy (non-hydrogen) atoms. The first kappa shape index (κ1) is 17.1. The second-order valence-corrected chi connectivity index (χ2v) is 7.27. The summed E-state index contributed by atoms with van der Waals surface area (Å²) in [5.74, 6) is 1.69. The smallest absolute Gasteiger partial charge is 0.227 e. The third kappa shape index (κ3) is 3.35. The first-order chi connectivity index (χ1) is 12.6. The van der Waals surface area contributed by atoms with Crippen LogP contribution in [0.2, 0.25) is 0 Å². The fraction of sp³-hybridized carbons (Fsp3) is 0.526. The van der Waals surface area contributed by atoms with E-state index in [1.54, 1.807) is 12.1 Å². The number of carbonyl (C=O) groups is 1. The number of benzene rings is 1. The summed E-state index contributed by atoms with van der Waals surface area (Å²) in [6, 6.07) is 6.16. The van der Waals surface area contributed by atoms with E-state index in [0.717, 1.165) is 62.7 Å². The van der Waals surface area contributed by atoms with Gasteiger partial charge in [-0.2, -0.15) is 0 Å². The fourth-order valence-electron chi connectivity index (χ4n) is 3.92. The van der Waals surface area contributed by atoms with Gasteiger partial charge in [0.1, 0.15) is 11.6 Å². The molecule has 0 unspecified atom stereocenters. The minimum atomic E-state index is -0.280. The Balaban J connectivity index is 1.55. The van der Waals surface area contributed by atoms with Gasteiger partial charge in [-0.05, 0) is 44.0 Å². The van der Waals surface area contributed by atoms with Gasteiger partial charge >= 0.3 is 0 Å². The number of rotatable bonds is 3. The van der Waals surface area contributed by atoms with Gasteiger partial charge in [-0.25, -0.2) is 4.39 Å². The van der Waals surface area contributed by atoms with Crippen molar-refractivity contribution in [2.45, 2.75) is 44.8 Å². The molecule has 6 nitrogen and oxygen atoms in total. The fourth-order valence-corrected chi connectivity index (χ4v) is 3.92. The van der Waals surface area contributed by atoms with Crippen LogP contribution < -0.4 is 0 Å². The number of nitrogens with zero attached hydrogens (tertiary/aromatic N) is 5. The van der Waals surface area contributed by atoms with E-state index >= 15 is 0 Å². The highest BCUT2D eigenvalue weighted by molar-refractivity contribution is 5.79. The van der Waals surface area contributed by atoms with Crippen molar-refractivity contribution in [2.75, 3.05) is 20.1 Å². The van der Waals surface area contributed by atoms with Crippen LogP contribution >= 0.6 is 0 Å². The second-order valence-electron chi connectivity index (χ2n) is 7.27. The highest BCUT2D eigenvalue weighted by atomic mass is 19.1. The standard InChI is InChI=1S/C19H24FN5O/c1-23-10-11-25-17(13-23)21-22-19(25)16-4-2-3-9-24(16)18(26)12-14-5-7-15(20)8-6-14/h5-8,16H,2-4,9-13H2,1H3/t16-/m0/s1. The van der Waals surface area contributed by atoms with E-state index in [2.05, 4.69) is 26.7 Å². The zero-order valence-corrected chi connectivity index (χ0v) is 15.1. The molecule has 3 heterocycles. The lowest BCUT2D eigenvalue weighted by Gasteiger charge is -2.36. The predicted octanol–water partition coefficient (Wildman–Crippen LogP) is 2.16. The van der Waals surface area contributed by atoms with Crippen LogP contribution in [0.25, 0.3) is 0 Å². The third-order valence-corrected chi connectivity index (χ3v) is 5.36. The average Bonchev–Trinajstić information content (AvgIpc) is 3.06. The van der Waals surface area contributed by atoms with Gasteiger partial charge in [-0.1, -0.05) is 12.1 Å². The zero-order valence-electron chi connectivity index (χ0n) is 15.1. The van der Waals surface area contributed by atoms with Crippen LogP contribution in [-0.4, -0.2) is 50.6 Å². The van der Waals surface area contributed by atoms with E-state index < -0.39 is 0 Å². The Hall–Kier alpha value is -2.28. The lowest BCUT2D eigenvalue weighted by atomic mass is 9.99. The van der Waals surface area contributed by atoms with Crippen molar-refractivity contribution in [3.8, 4) is 0 Å². The molecule has 0 N–H and O–H groups in total. The van der Waals surface area contributed by atoms with Crippen LogP contribution in [0.15, 0.2) is 24.3 Å². The number of piperidine rings is 1. The minimum Gasteiger partial charge on any atom is -0.332 e. The molecule has 4 rings (SSSR count). The number of fused-ring (bicyclic) bond motifs is 1. The molecule has 1 atom stereocenters. The van der Waals surface area contributed by atoms with Crippen molar-refractivity contribution >= 4 is 5.91 Å². The highest BCUT2D eigenvalue weighted by Crippen LogP contribution is 2.31. The summed E-state index contributed by atoms with van der Waals surface area (Å²) in [5.41, 5.74) is 0.839. The Morgan fingerprint density at radius 3 is 2.77 bits per heavy atom. The van der Waals surface area contributed by atoms with Gasteiger partial charge in [0.2, 0.25) is 5.91 Å². The lowest BCUT2D eigenvalue weighted by Crippen LogP contribution is -2.41. The van der Waals surface area contributed by atoms with Crippen molar-refractivity contribution in [2.24, 2.45) is 0 Å². The first-order valence-corrected chi connectivity index (χ1v) is 9.26. The van der Waals surface area contributed by atoms with Gasteiger partial charge in [0.25, 0.3) is 0 Å². The van der Waals surface area contributed by atoms with E-state index in [9.17, 15) is 9.18 Å². The number of halogens is 1. The Kier molecular flexibility index (Phi) is 4.72. The summed E-state index contributed by atoms with van der Waals surface area (Å²) in [7, 11) is 2.08. The molecule has 0 saturated carbocycles. The molecule has 1 fully saturated rings. The Bertz CT molecular complexity index is 788. The third-order valence-electron chi connectivity index (χ3n) is 5.36. The maximum atomic E-state index is 13.1. The van der Waals surface area contributed by atoms with Crippen LogP contribution in [0, 0.1) is 5.82 Å². The molecular formula is C19H24FN5O. The molecular weight excluding hydrogens is 333 g/mol. The normalized spacial score (nSPS) is 20.8. The van der Waals surface area contributed by atoms with Crippen LogP contribution in [0.1, 0.15) is 42.5 Å². The van der Waals surface area contributed by atoms with Crippen molar-refractivity contribution < 1.29 is 9.18 Å². The van der Waals surface area contributed by atoms with Crippen molar-refractivity contribution in [3.63, 3.8) is 0 Å². The van der Waals surface area contributed by atoms with Crippen molar-refractivity contribution in [3.05, 3.63) is 47.3 Å². The molecule has 0 radical (unpaired) electrons. The van der Waals surface area contributed by atoms with E-state index in [1.165, 1.54) is 12.1 Å². The minimum absolute atomic E-state index is 0.0126.